The van der Waals surface area contributed by atoms with Crippen LogP contribution in [0, 0.1) is 17.2 Å². The second kappa shape index (κ2) is 3.59. The number of nitriles is 1. The molecule has 0 N–H and O–H groups in total. The standard InChI is InChI=1S/C12H13N3O2/c1-2-17-11(16)6-15-10-4-7-3-8(7)12(10)9(5-13)14-15/h7-8H,2-4,6H2,1H3/t7-,8-/m1/s1. The number of nitrogens with zero attached hydrogens (tertiary/aromatic N) is 3. The first-order chi connectivity index (χ1) is 8.24. The number of ether oxygens (including phenoxy) is 1. The van der Waals surface area contributed by atoms with Crippen LogP contribution in [0.3, 0.4) is 0 Å². The lowest BCUT2D eigenvalue weighted by Crippen LogP contribution is -2.16. The minimum atomic E-state index is -0.289. The Balaban J connectivity index is 1.89. The van der Waals surface area contributed by atoms with Gasteiger partial charge in [-0.2, -0.15) is 10.4 Å². The van der Waals surface area contributed by atoms with Crippen LogP contribution in [0.4, 0.5) is 0 Å². The summed E-state index contributed by atoms with van der Waals surface area (Å²) in [6.45, 7) is 2.28. The zero-order valence-electron chi connectivity index (χ0n) is 9.64. The monoisotopic (exact) mass is 231 g/mol. The summed E-state index contributed by atoms with van der Waals surface area (Å²) in [5.74, 6) is 0.919. The summed E-state index contributed by atoms with van der Waals surface area (Å²) in [5.41, 5.74) is 2.65. The van der Waals surface area contributed by atoms with E-state index in [4.69, 9.17) is 10.00 Å². The molecule has 0 unspecified atom stereocenters. The van der Waals surface area contributed by atoms with Crippen molar-refractivity contribution in [2.45, 2.75) is 32.2 Å². The molecule has 5 nitrogen and oxygen atoms in total. The maximum absolute atomic E-state index is 11.4. The lowest BCUT2D eigenvalue weighted by molar-refractivity contribution is -0.144. The van der Waals surface area contributed by atoms with Crippen molar-refractivity contribution in [3.8, 4) is 6.07 Å². The molecule has 1 heterocycles. The smallest absolute Gasteiger partial charge is 0.327 e. The number of aromatic nitrogens is 2. The Labute approximate surface area is 99.0 Å². The number of carbonyl (C=O) groups is 1. The van der Waals surface area contributed by atoms with Gasteiger partial charge in [-0.1, -0.05) is 0 Å². The fourth-order valence-electron chi connectivity index (χ4n) is 2.73. The third kappa shape index (κ3) is 1.52. The molecule has 0 aliphatic heterocycles. The molecule has 0 bridgehead atoms. The molecule has 0 spiro atoms. The summed E-state index contributed by atoms with van der Waals surface area (Å²) < 4.78 is 6.55. The van der Waals surface area contributed by atoms with Gasteiger partial charge in [0.1, 0.15) is 12.6 Å². The molecule has 88 valence electrons. The molecule has 2 aliphatic rings. The van der Waals surface area contributed by atoms with Crippen molar-refractivity contribution in [1.29, 1.82) is 5.26 Å². The highest BCUT2D eigenvalue weighted by Crippen LogP contribution is 2.57. The van der Waals surface area contributed by atoms with E-state index in [0.717, 1.165) is 17.7 Å². The highest BCUT2D eigenvalue weighted by atomic mass is 16.5. The van der Waals surface area contributed by atoms with Gasteiger partial charge in [0.15, 0.2) is 5.69 Å². The minimum absolute atomic E-state index is 0.122. The van der Waals surface area contributed by atoms with E-state index in [0.29, 0.717) is 24.1 Å². The number of fused-ring (bicyclic) bond motifs is 3. The summed E-state index contributed by atoms with van der Waals surface area (Å²) >= 11 is 0. The molecule has 0 aromatic carbocycles. The van der Waals surface area contributed by atoms with Crippen molar-refractivity contribution in [1.82, 2.24) is 9.78 Å². The first-order valence-corrected chi connectivity index (χ1v) is 5.89. The van der Waals surface area contributed by atoms with Gasteiger partial charge in [-0.25, -0.2) is 0 Å². The lowest BCUT2D eigenvalue weighted by Gasteiger charge is -2.05. The second-order valence-corrected chi connectivity index (χ2v) is 4.59. The lowest BCUT2D eigenvalue weighted by atomic mass is 10.1. The molecule has 2 atom stereocenters. The first kappa shape index (κ1) is 10.3. The van der Waals surface area contributed by atoms with Crippen LogP contribution in [0.5, 0.6) is 0 Å². The maximum atomic E-state index is 11.4. The van der Waals surface area contributed by atoms with E-state index < -0.39 is 0 Å². The van der Waals surface area contributed by atoms with Gasteiger partial charge < -0.3 is 4.74 Å². The summed E-state index contributed by atoms with van der Waals surface area (Å²) in [6, 6.07) is 2.13. The SMILES string of the molecule is CCOC(=O)Cn1nc(C#N)c2c1C[C@H]1C[C@@H]21. The Morgan fingerprint density at radius 1 is 1.71 bits per heavy atom. The van der Waals surface area contributed by atoms with Gasteiger partial charge in [-0.05, 0) is 31.6 Å². The Hall–Kier alpha value is -1.83. The topological polar surface area (TPSA) is 67.9 Å². The van der Waals surface area contributed by atoms with E-state index in [2.05, 4.69) is 11.2 Å². The molecule has 1 fully saturated rings. The van der Waals surface area contributed by atoms with Crippen LogP contribution in [0.2, 0.25) is 0 Å². The molecule has 0 amide bonds. The maximum Gasteiger partial charge on any atom is 0.327 e. The van der Waals surface area contributed by atoms with Gasteiger partial charge in [0.2, 0.25) is 0 Å². The van der Waals surface area contributed by atoms with Crippen LogP contribution in [0.15, 0.2) is 0 Å². The van der Waals surface area contributed by atoms with E-state index >= 15 is 0 Å². The molecule has 17 heavy (non-hydrogen) atoms. The Bertz CT molecular complexity index is 527. The molecule has 5 heteroatoms. The molecule has 1 aromatic rings. The van der Waals surface area contributed by atoms with Gasteiger partial charge in [-0.15, -0.1) is 0 Å². The number of hydrogen-bond acceptors (Lipinski definition) is 4. The van der Waals surface area contributed by atoms with Gasteiger partial charge >= 0.3 is 5.97 Å². The largest absolute Gasteiger partial charge is 0.465 e. The number of esters is 1. The van der Waals surface area contributed by atoms with Crippen LogP contribution in [0.25, 0.3) is 0 Å². The molecular weight excluding hydrogens is 218 g/mol. The van der Waals surface area contributed by atoms with Gasteiger partial charge in [-0.3, -0.25) is 9.48 Å². The van der Waals surface area contributed by atoms with Crippen molar-refractivity contribution in [2.75, 3.05) is 6.61 Å². The second-order valence-electron chi connectivity index (χ2n) is 4.59. The predicted octanol–water partition coefficient (Wildman–Crippen LogP) is 0.977. The molecule has 0 saturated heterocycles. The average molecular weight is 231 g/mol. The molecule has 1 aromatic heterocycles. The normalized spacial score (nSPS) is 23.8. The van der Waals surface area contributed by atoms with E-state index in [1.54, 1.807) is 11.6 Å². The molecule has 0 radical (unpaired) electrons. The van der Waals surface area contributed by atoms with Crippen molar-refractivity contribution in [3.63, 3.8) is 0 Å². The number of hydrogen-bond donors (Lipinski definition) is 0. The van der Waals surface area contributed by atoms with E-state index in [1.807, 2.05) is 0 Å². The molecule has 3 rings (SSSR count). The zero-order valence-corrected chi connectivity index (χ0v) is 9.64. The van der Waals surface area contributed by atoms with Crippen LogP contribution in [-0.4, -0.2) is 22.4 Å². The van der Waals surface area contributed by atoms with Crippen molar-refractivity contribution in [3.05, 3.63) is 17.0 Å². The fraction of sp³-hybridized carbons (Fsp3) is 0.583. The highest BCUT2D eigenvalue weighted by molar-refractivity contribution is 5.69. The van der Waals surface area contributed by atoms with Crippen molar-refractivity contribution < 1.29 is 9.53 Å². The summed E-state index contributed by atoms with van der Waals surface area (Å²) in [7, 11) is 0. The molecule has 1 saturated carbocycles. The van der Waals surface area contributed by atoms with Crippen molar-refractivity contribution in [2.24, 2.45) is 5.92 Å². The van der Waals surface area contributed by atoms with Gasteiger partial charge in [0, 0.05) is 11.3 Å². The van der Waals surface area contributed by atoms with Crippen LogP contribution in [-0.2, 0) is 22.5 Å². The summed E-state index contributed by atoms with van der Waals surface area (Å²) in [6.07, 6.45) is 2.13. The third-order valence-electron chi connectivity index (χ3n) is 3.54. The van der Waals surface area contributed by atoms with Crippen LogP contribution in [0.1, 0.15) is 36.2 Å². The summed E-state index contributed by atoms with van der Waals surface area (Å²) in [5, 5.41) is 13.3. The van der Waals surface area contributed by atoms with E-state index in [-0.39, 0.29) is 12.5 Å². The van der Waals surface area contributed by atoms with Crippen LogP contribution < -0.4 is 0 Å². The van der Waals surface area contributed by atoms with Gasteiger partial charge in [0.05, 0.1) is 6.61 Å². The quantitative estimate of drug-likeness (QED) is 0.727. The highest BCUT2D eigenvalue weighted by Gasteiger charge is 2.49. The fourth-order valence-corrected chi connectivity index (χ4v) is 2.73. The first-order valence-electron chi connectivity index (χ1n) is 5.89. The third-order valence-corrected chi connectivity index (χ3v) is 3.54. The number of rotatable bonds is 3. The van der Waals surface area contributed by atoms with E-state index in [9.17, 15) is 4.79 Å². The summed E-state index contributed by atoms with van der Waals surface area (Å²) in [4.78, 5) is 11.4. The Morgan fingerprint density at radius 2 is 2.53 bits per heavy atom. The van der Waals surface area contributed by atoms with Crippen molar-refractivity contribution >= 4 is 5.97 Å². The predicted molar refractivity (Wildman–Crippen MR) is 58.1 cm³/mol. The molecular formula is C12H13N3O2. The van der Waals surface area contributed by atoms with Gasteiger partial charge in [0.25, 0.3) is 0 Å². The molecule has 2 aliphatic carbocycles. The van der Waals surface area contributed by atoms with E-state index in [1.165, 1.54) is 6.42 Å². The average Bonchev–Trinajstić information content (AvgIpc) is 2.83. The van der Waals surface area contributed by atoms with Crippen LogP contribution >= 0.6 is 0 Å². The number of carbonyl (C=O) groups excluding carboxylic acids is 1. The minimum Gasteiger partial charge on any atom is -0.465 e. The Morgan fingerprint density at radius 3 is 3.24 bits per heavy atom. The zero-order chi connectivity index (χ0) is 12.0. The Kier molecular flexibility index (Phi) is 2.18.